The van der Waals surface area contributed by atoms with Crippen molar-refractivity contribution in [1.29, 1.82) is 0 Å². The fraction of sp³-hybridized carbons (Fsp3) is 0.455. The number of benzene rings is 2. The summed E-state index contributed by atoms with van der Waals surface area (Å²) in [4.78, 5) is 0. The van der Waals surface area contributed by atoms with Crippen molar-refractivity contribution in [1.82, 2.24) is 10.2 Å². The molecule has 0 radical (unpaired) electrons. The number of aromatic nitrogens is 2. The van der Waals surface area contributed by atoms with Gasteiger partial charge in [-0.25, -0.2) is 0 Å². The predicted octanol–water partition coefficient (Wildman–Crippen LogP) is 5.45. The fourth-order valence-corrected chi connectivity index (χ4v) is 11.8. The van der Waals surface area contributed by atoms with E-state index in [2.05, 4.69) is 25.0 Å². The van der Waals surface area contributed by atoms with Crippen LogP contribution in [0, 0.1) is 23.2 Å². The molecule has 0 unspecified atom stereocenters. The summed E-state index contributed by atoms with van der Waals surface area (Å²) in [6.07, 6.45) is 11.4. The van der Waals surface area contributed by atoms with E-state index in [1.807, 2.05) is 66.9 Å². The number of aliphatic hydroxyl groups is 1. The Balaban J connectivity index is 1.36. The van der Waals surface area contributed by atoms with Gasteiger partial charge in [-0.05, 0) is 84.7 Å². The third kappa shape index (κ3) is 3.36. The van der Waals surface area contributed by atoms with Crippen LogP contribution in [0.3, 0.4) is 0 Å². The molecule has 0 saturated heterocycles. The number of rotatable bonds is 3. The molecular formula is C33H37N2O2P. The summed E-state index contributed by atoms with van der Waals surface area (Å²) in [5.41, 5.74) is 4.78. The van der Waals surface area contributed by atoms with E-state index in [1.165, 1.54) is 23.1 Å². The summed E-state index contributed by atoms with van der Waals surface area (Å²) >= 11 is 0. The minimum atomic E-state index is -3.22. The number of hydrogen-bond acceptors (Lipinski definition) is 4. The first-order valence-corrected chi connectivity index (χ1v) is 16.0. The Labute approximate surface area is 226 Å². The van der Waals surface area contributed by atoms with Crippen LogP contribution in [0.4, 0.5) is 0 Å². The number of fused-ring (bicyclic) bond motifs is 7. The first-order chi connectivity index (χ1) is 18.4. The monoisotopic (exact) mass is 524 g/mol. The molecule has 1 aromatic heterocycles. The standard InChI is InChI=1S/C33H37N2O2P/c1-32-17-15-24(36)20-23(32)13-14-27-28(32)16-18-33(2)29(27)19-22-21-34-35-31(30(22)33)38(37,25-9-5-3-6-10-25)26-11-7-4-8-12-26/h3-13,21,24,27-29,36H,14-20H2,1-2H3/t24-,27+,28-,29-,32-,33-/m0/s1. The molecular weight excluding hydrogens is 487 g/mol. The molecule has 1 N–H and O–H groups in total. The summed E-state index contributed by atoms with van der Waals surface area (Å²) in [6, 6.07) is 19.8. The van der Waals surface area contributed by atoms with Gasteiger partial charge in [0.15, 0.2) is 7.14 Å². The van der Waals surface area contributed by atoms with Gasteiger partial charge >= 0.3 is 0 Å². The molecule has 7 rings (SSSR count). The zero-order valence-corrected chi connectivity index (χ0v) is 23.3. The molecule has 4 aliphatic carbocycles. The summed E-state index contributed by atoms with van der Waals surface area (Å²) in [6.45, 7) is 4.90. The van der Waals surface area contributed by atoms with E-state index in [9.17, 15) is 5.11 Å². The summed E-state index contributed by atoms with van der Waals surface area (Å²) in [5.74, 6) is 1.72. The molecule has 38 heavy (non-hydrogen) atoms. The molecule has 0 spiro atoms. The lowest BCUT2D eigenvalue weighted by Crippen LogP contribution is -2.51. The van der Waals surface area contributed by atoms with Crippen LogP contribution >= 0.6 is 7.14 Å². The van der Waals surface area contributed by atoms with E-state index >= 15 is 4.57 Å². The van der Waals surface area contributed by atoms with Gasteiger partial charge in [0, 0.05) is 10.6 Å². The highest BCUT2D eigenvalue weighted by atomic mass is 31.2. The van der Waals surface area contributed by atoms with Crippen LogP contribution < -0.4 is 16.0 Å². The van der Waals surface area contributed by atoms with Crippen molar-refractivity contribution >= 4 is 23.2 Å². The number of nitrogens with zero attached hydrogens (tertiary/aromatic N) is 2. The molecule has 4 nitrogen and oxygen atoms in total. The average molecular weight is 525 g/mol. The largest absolute Gasteiger partial charge is 0.393 e. The molecule has 5 heteroatoms. The van der Waals surface area contributed by atoms with Gasteiger partial charge in [0.1, 0.15) is 5.44 Å². The van der Waals surface area contributed by atoms with E-state index in [0.29, 0.717) is 23.2 Å². The van der Waals surface area contributed by atoms with Gasteiger partial charge in [-0.2, -0.15) is 5.10 Å². The number of hydrogen-bond donors (Lipinski definition) is 1. The van der Waals surface area contributed by atoms with Gasteiger partial charge in [0.2, 0.25) is 0 Å². The van der Waals surface area contributed by atoms with Crippen molar-refractivity contribution in [3.8, 4) is 0 Å². The predicted molar refractivity (Wildman–Crippen MR) is 153 cm³/mol. The summed E-state index contributed by atoms with van der Waals surface area (Å²) < 4.78 is 15.4. The molecule has 2 fully saturated rings. The van der Waals surface area contributed by atoms with Crippen molar-refractivity contribution in [2.75, 3.05) is 0 Å². The third-order valence-electron chi connectivity index (χ3n) is 10.9. The van der Waals surface area contributed by atoms with Crippen LogP contribution in [0.25, 0.3) is 0 Å². The second-order valence-electron chi connectivity index (χ2n) is 12.7. The minimum Gasteiger partial charge on any atom is -0.393 e. The second kappa shape index (κ2) is 8.73. The molecule has 4 aliphatic rings. The van der Waals surface area contributed by atoms with E-state index in [-0.39, 0.29) is 16.9 Å². The maximum Gasteiger partial charge on any atom is 0.190 e. The lowest BCUT2D eigenvalue weighted by atomic mass is 9.47. The molecule has 2 aromatic carbocycles. The zero-order chi connectivity index (χ0) is 26.1. The quantitative estimate of drug-likeness (QED) is 0.366. The zero-order valence-electron chi connectivity index (χ0n) is 22.4. The third-order valence-corrected chi connectivity index (χ3v) is 13.9. The van der Waals surface area contributed by atoms with Crippen LogP contribution in [-0.2, 0) is 16.4 Å². The van der Waals surface area contributed by atoms with Gasteiger partial charge in [0.25, 0.3) is 0 Å². The molecule has 0 aliphatic heterocycles. The fourth-order valence-electron chi connectivity index (χ4n) is 8.96. The summed E-state index contributed by atoms with van der Waals surface area (Å²) in [5, 5.41) is 21.3. The van der Waals surface area contributed by atoms with Crippen molar-refractivity contribution < 1.29 is 9.67 Å². The van der Waals surface area contributed by atoms with Crippen LogP contribution in [0.2, 0.25) is 0 Å². The van der Waals surface area contributed by atoms with Crippen LogP contribution in [0.5, 0.6) is 0 Å². The van der Waals surface area contributed by atoms with Gasteiger partial charge in [-0.1, -0.05) is 86.2 Å². The minimum absolute atomic E-state index is 0.0725. The Morgan fingerprint density at radius 2 is 1.53 bits per heavy atom. The SMILES string of the molecule is C[C@]12CC[C@H](O)CC1=CC[C@@H]1[C@@H]2CC[C@]2(C)c3c(cnnc3P(=O)(c3ccccc3)c3ccccc3)C[C@@H]12. The van der Waals surface area contributed by atoms with Crippen LogP contribution in [0.1, 0.15) is 63.5 Å². The Bertz CT molecular complexity index is 1410. The lowest BCUT2D eigenvalue weighted by molar-refractivity contribution is -0.0161. The maximum atomic E-state index is 15.4. The Morgan fingerprint density at radius 1 is 0.868 bits per heavy atom. The maximum absolute atomic E-state index is 15.4. The van der Waals surface area contributed by atoms with E-state index in [4.69, 9.17) is 5.10 Å². The van der Waals surface area contributed by atoms with Crippen LogP contribution in [-0.4, -0.2) is 21.4 Å². The average Bonchev–Trinajstić information content (AvgIpc) is 3.27. The summed E-state index contributed by atoms with van der Waals surface area (Å²) in [7, 11) is -3.22. The normalized spacial score (nSPS) is 33.9. The lowest BCUT2D eigenvalue weighted by Gasteiger charge is -2.57. The molecule has 196 valence electrons. The highest BCUT2D eigenvalue weighted by Crippen LogP contribution is 2.64. The van der Waals surface area contributed by atoms with E-state index in [0.717, 1.165) is 49.1 Å². The van der Waals surface area contributed by atoms with Gasteiger partial charge < -0.3 is 9.67 Å². The van der Waals surface area contributed by atoms with Crippen molar-refractivity contribution in [2.45, 2.75) is 70.3 Å². The highest BCUT2D eigenvalue weighted by molar-refractivity contribution is 7.85. The molecule has 6 atom stereocenters. The van der Waals surface area contributed by atoms with Crippen molar-refractivity contribution in [2.24, 2.45) is 23.2 Å². The Morgan fingerprint density at radius 3 is 2.21 bits per heavy atom. The first kappa shape index (κ1) is 24.5. The Kier molecular flexibility index (Phi) is 5.63. The van der Waals surface area contributed by atoms with E-state index in [1.54, 1.807) is 0 Å². The Hall–Kier alpha value is -2.55. The molecule has 0 amide bonds. The molecule has 1 heterocycles. The van der Waals surface area contributed by atoms with Crippen molar-refractivity contribution in [3.63, 3.8) is 0 Å². The smallest absolute Gasteiger partial charge is 0.190 e. The van der Waals surface area contributed by atoms with Crippen molar-refractivity contribution in [3.05, 3.63) is 89.6 Å². The molecule has 0 bridgehead atoms. The van der Waals surface area contributed by atoms with Gasteiger partial charge in [-0.3, -0.25) is 0 Å². The number of allylic oxidation sites excluding steroid dienone is 1. The van der Waals surface area contributed by atoms with Crippen LogP contribution in [0.15, 0.2) is 78.5 Å². The van der Waals surface area contributed by atoms with E-state index < -0.39 is 7.14 Å². The first-order valence-electron chi connectivity index (χ1n) is 14.3. The number of aliphatic hydroxyl groups excluding tert-OH is 1. The highest BCUT2D eigenvalue weighted by Gasteiger charge is 2.59. The van der Waals surface area contributed by atoms with Gasteiger partial charge in [-0.15, -0.1) is 5.10 Å². The molecule has 3 aromatic rings. The molecule has 2 saturated carbocycles. The second-order valence-corrected chi connectivity index (χ2v) is 15.3. The topological polar surface area (TPSA) is 63.1 Å². The van der Waals surface area contributed by atoms with Gasteiger partial charge in [0.05, 0.1) is 12.3 Å².